The van der Waals surface area contributed by atoms with E-state index >= 15 is 0 Å². The van der Waals surface area contributed by atoms with Crippen LogP contribution in [0.15, 0.2) is 60.8 Å². The number of rotatable bonds is 4. The van der Waals surface area contributed by atoms with Crippen LogP contribution in [0.5, 0.6) is 0 Å². The van der Waals surface area contributed by atoms with Crippen molar-refractivity contribution in [3.05, 3.63) is 77.5 Å². The van der Waals surface area contributed by atoms with Gasteiger partial charge in [-0.15, -0.1) is 0 Å². The van der Waals surface area contributed by atoms with E-state index in [4.69, 9.17) is 11.6 Å². The highest BCUT2D eigenvalue weighted by atomic mass is 35.5. The number of halogens is 1. The van der Waals surface area contributed by atoms with E-state index in [1.807, 2.05) is 48.5 Å². The van der Waals surface area contributed by atoms with Crippen LogP contribution < -0.4 is 10.6 Å². The van der Waals surface area contributed by atoms with Gasteiger partial charge in [-0.2, -0.15) is 4.98 Å². The largest absolute Gasteiger partial charge is 0.340 e. The molecule has 2 aromatic carbocycles. The van der Waals surface area contributed by atoms with Gasteiger partial charge in [-0.25, -0.2) is 4.98 Å². The topological polar surface area (TPSA) is 49.8 Å². The highest BCUT2D eigenvalue weighted by molar-refractivity contribution is 6.49. The number of nitrogens with zero attached hydrogens (tertiary/aromatic N) is 2. The standard InChI is InChI=1S/C20H17ClN4/c1-13-2-5-15(6-3-13)24-20-22-11-10-19(25-20)23-16-7-8-17-14(12-16)4-9-18(17)21/h2-3,5-12H,4H2,1H3,(H2,22,23,24,25). The summed E-state index contributed by atoms with van der Waals surface area (Å²) in [6.45, 7) is 2.06. The summed E-state index contributed by atoms with van der Waals surface area (Å²) >= 11 is 6.17. The molecule has 0 fully saturated rings. The van der Waals surface area contributed by atoms with Crippen LogP contribution in [-0.4, -0.2) is 9.97 Å². The van der Waals surface area contributed by atoms with Gasteiger partial charge in [-0.3, -0.25) is 0 Å². The van der Waals surface area contributed by atoms with Crippen LogP contribution in [0.1, 0.15) is 16.7 Å². The lowest BCUT2D eigenvalue weighted by Crippen LogP contribution is -2.00. The maximum Gasteiger partial charge on any atom is 0.229 e. The van der Waals surface area contributed by atoms with Gasteiger partial charge in [0.25, 0.3) is 0 Å². The van der Waals surface area contributed by atoms with Gasteiger partial charge in [0.2, 0.25) is 5.95 Å². The van der Waals surface area contributed by atoms with Crippen molar-refractivity contribution in [2.24, 2.45) is 0 Å². The van der Waals surface area contributed by atoms with Gasteiger partial charge in [0.1, 0.15) is 5.82 Å². The normalized spacial score (nSPS) is 12.5. The monoisotopic (exact) mass is 348 g/mol. The molecule has 0 aliphatic heterocycles. The van der Waals surface area contributed by atoms with Gasteiger partial charge in [-0.05, 0) is 54.8 Å². The van der Waals surface area contributed by atoms with E-state index in [2.05, 4.69) is 33.6 Å². The second-order valence-corrected chi connectivity index (χ2v) is 6.42. The molecule has 124 valence electrons. The summed E-state index contributed by atoms with van der Waals surface area (Å²) in [6.07, 6.45) is 4.63. The van der Waals surface area contributed by atoms with E-state index in [0.29, 0.717) is 5.95 Å². The highest BCUT2D eigenvalue weighted by Gasteiger charge is 2.12. The number of benzene rings is 2. The summed E-state index contributed by atoms with van der Waals surface area (Å²) in [6, 6.07) is 16.1. The molecular weight excluding hydrogens is 332 g/mol. The first-order valence-corrected chi connectivity index (χ1v) is 8.48. The number of hydrogen-bond donors (Lipinski definition) is 2. The molecular formula is C20H17ClN4. The summed E-state index contributed by atoms with van der Waals surface area (Å²) in [4.78, 5) is 8.80. The number of allylic oxidation sites excluding steroid dienone is 1. The Balaban J connectivity index is 1.51. The Morgan fingerprint density at radius 2 is 1.76 bits per heavy atom. The quantitative estimate of drug-likeness (QED) is 0.662. The fraction of sp³-hybridized carbons (Fsp3) is 0.100. The maximum atomic E-state index is 6.17. The molecule has 0 amide bonds. The van der Waals surface area contributed by atoms with Crippen molar-refractivity contribution in [3.8, 4) is 0 Å². The minimum absolute atomic E-state index is 0.555. The van der Waals surface area contributed by atoms with Crippen molar-refractivity contribution in [1.29, 1.82) is 0 Å². The van der Waals surface area contributed by atoms with E-state index in [1.54, 1.807) is 6.20 Å². The third-order valence-corrected chi connectivity index (χ3v) is 4.46. The molecule has 1 heterocycles. The third-order valence-electron chi connectivity index (χ3n) is 4.10. The van der Waals surface area contributed by atoms with Crippen molar-refractivity contribution in [1.82, 2.24) is 9.97 Å². The molecule has 0 spiro atoms. The van der Waals surface area contributed by atoms with E-state index in [9.17, 15) is 0 Å². The predicted octanol–water partition coefficient (Wildman–Crippen LogP) is 5.41. The van der Waals surface area contributed by atoms with Crippen molar-refractivity contribution >= 4 is 39.8 Å². The molecule has 3 aromatic rings. The maximum absolute atomic E-state index is 6.17. The summed E-state index contributed by atoms with van der Waals surface area (Å²) < 4.78 is 0. The smallest absolute Gasteiger partial charge is 0.229 e. The highest BCUT2D eigenvalue weighted by Crippen LogP contribution is 2.32. The zero-order valence-corrected chi connectivity index (χ0v) is 14.5. The minimum Gasteiger partial charge on any atom is -0.340 e. The molecule has 0 saturated carbocycles. The molecule has 4 nitrogen and oxygen atoms in total. The fourth-order valence-electron chi connectivity index (χ4n) is 2.79. The van der Waals surface area contributed by atoms with Crippen LogP contribution in [0, 0.1) is 6.92 Å². The number of aryl methyl sites for hydroxylation is 1. The molecule has 1 aliphatic carbocycles. The van der Waals surface area contributed by atoms with Crippen molar-refractivity contribution in [2.75, 3.05) is 10.6 Å². The fourth-order valence-corrected chi connectivity index (χ4v) is 3.05. The molecule has 0 saturated heterocycles. The van der Waals surface area contributed by atoms with Gasteiger partial charge < -0.3 is 10.6 Å². The van der Waals surface area contributed by atoms with E-state index in [1.165, 1.54) is 11.1 Å². The lowest BCUT2D eigenvalue weighted by atomic mass is 10.1. The number of hydrogen-bond acceptors (Lipinski definition) is 4. The molecule has 0 unspecified atom stereocenters. The van der Waals surface area contributed by atoms with Crippen LogP contribution in [0.2, 0.25) is 0 Å². The molecule has 4 rings (SSSR count). The van der Waals surface area contributed by atoms with Crippen LogP contribution >= 0.6 is 11.6 Å². The molecule has 0 radical (unpaired) electrons. The van der Waals surface area contributed by atoms with E-state index in [0.717, 1.165) is 34.2 Å². The van der Waals surface area contributed by atoms with Gasteiger partial charge in [0, 0.05) is 22.6 Å². The molecule has 2 N–H and O–H groups in total. The first kappa shape index (κ1) is 15.7. The Hall–Kier alpha value is -2.85. The average Bonchev–Trinajstić information content (AvgIpc) is 2.98. The lowest BCUT2D eigenvalue weighted by Gasteiger charge is -2.10. The van der Waals surface area contributed by atoms with Gasteiger partial charge in [-0.1, -0.05) is 41.4 Å². The van der Waals surface area contributed by atoms with Crippen LogP contribution in [-0.2, 0) is 6.42 Å². The van der Waals surface area contributed by atoms with Crippen molar-refractivity contribution < 1.29 is 0 Å². The van der Waals surface area contributed by atoms with Crippen LogP contribution in [0.25, 0.3) is 5.03 Å². The zero-order chi connectivity index (χ0) is 17.2. The molecule has 1 aromatic heterocycles. The van der Waals surface area contributed by atoms with Gasteiger partial charge in [0.05, 0.1) is 0 Å². The first-order chi connectivity index (χ1) is 12.2. The number of anilines is 4. The SMILES string of the molecule is Cc1ccc(Nc2nccc(Nc3ccc4c(c3)CC=C4Cl)n2)cc1. The summed E-state index contributed by atoms with van der Waals surface area (Å²) in [5.41, 5.74) is 5.49. The molecule has 25 heavy (non-hydrogen) atoms. The Bertz CT molecular complexity index is 948. The first-order valence-electron chi connectivity index (χ1n) is 8.10. The summed E-state index contributed by atoms with van der Waals surface area (Å²) in [5, 5.41) is 7.37. The average molecular weight is 349 g/mol. The molecule has 0 atom stereocenters. The summed E-state index contributed by atoms with van der Waals surface area (Å²) in [7, 11) is 0. The van der Waals surface area contributed by atoms with Gasteiger partial charge >= 0.3 is 0 Å². The minimum atomic E-state index is 0.555. The number of nitrogens with one attached hydrogen (secondary N) is 2. The van der Waals surface area contributed by atoms with E-state index in [-0.39, 0.29) is 0 Å². The second-order valence-electron chi connectivity index (χ2n) is 6.01. The molecule has 0 bridgehead atoms. The van der Waals surface area contributed by atoms with Crippen molar-refractivity contribution in [3.63, 3.8) is 0 Å². The molecule has 5 heteroatoms. The Labute approximate surface area is 151 Å². The van der Waals surface area contributed by atoms with Crippen LogP contribution in [0.3, 0.4) is 0 Å². The zero-order valence-electron chi connectivity index (χ0n) is 13.8. The predicted molar refractivity (Wildman–Crippen MR) is 104 cm³/mol. The van der Waals surface area contributed by atoms with E-state index < -0.39 is 0 Å². The lowest BCUT2D eigenvalue weighted by molar-refractivity contribution is 1.16. The van der Waals surface area contributed by atoms with Crippen LogP contribution in [0.4, 0.5) is 23.1 Å². The number of aromatic nitrogens is 2. The Morgan fingerprint density at radius 3 is 2.60 bits per heavy atom. The second kappa shape index (κ2) is 6.57. The Kier molecular flexibility index (Phi) is 4.12. The third kappa shape index (κ3) is 3.49. The number of fused-ring (bicyclic) bond motifs is 1. The molecule has 1 aliphatic rings. The summed E-state index contributed by atoms with van der Waals surface area (Å²) in [5.74, 6) is 1.29. The van der Waals surface area contributed by atoms with Crippen molar-refractivity contribution in [2.45, 2.75) is 13.3 Å². The van der Waals surface area contributed by atoms with Gasteiger partial charge in [0.15, 0.2) is 0 Å². The Morgan fingerprint density at radius 1 is 0.960 bits per heavy atom.